The first-order valence-electron chi connectivity index (χ1n) is 3.32. The number of halogens is 1. The average Bonchev–Trinajstić information content (AvgIpc) is 2.17. The molecule has 1 aliphatic rings. The largest absolute Gasteiger partial charge is 0.394 e. The van der Waals surface area contributed by atoms with Crippen molar-refractivity contribution < 1.29 is 14.2 Å². The molecule has 0 amide bonds. The van der Waals surface area contributed by atoms with Gasteiger partial charge in [0.05, 0.1) is 12.7 Å². The minimum absolute atomic E-state index is 0.157. The van der Waals surface area contributed by atoms with E-state index >= 15 is 0 Å². The Hall–Kier alpha value is -0.0851. The Morgan fingerprint density at radius 2 is 2.30 bits per heavy atom. The van der Waals surface area contributed by atoms with Gasteiger partial charge in [-0.3, -0.25) is 0 Å². The molecule has 0 bridgehead atoms. The Bertz CT molecular complexity index is 122. The highest BCUT2D eigenvalue weighted by atomic mass is 19.1. The highest BCUT2D eigenvalue weighted by Gasteiger charge is 2.38. The molecular weight excluding hydrogens is 134 g/mol. The summed E-state index contributed by atoms with van der Waals surface area (Å²) < 4.78 is 17.7. The molecule has 4 unspecified atom stereocenters. The van der Waals surface area contributed by atoms with Crippen LogP contribution in [0.25, 0.3) is 0 Å². The first-order valence-corrected chi connectivity index (χ1v) is 3.32. The zero-order valence-corrected chi connectivity index (χ0v) is 5.83. The van der Waals surface area contributed by atoms with Crippen molar-refractivity contribution in [1.29, 1.82) is 0 Å². The molecule has 1 aliphatic heterocycles. The number of aliphatic hydroxyl groups excluding tert-OH is 1. The maximum absolute atomic E-state index is 12.8. The lowest BCUT2D eigenvalue weighted by Crippen LogP contribution is -2.22. The fourth-order valence-electron chi connectivity index (χ4n) is 1.11. The van der Waals surface area contributed by atoms with Gasteiger partial charge in [-0.2, -0.15) is 0 Å². The summed E-state index contributed by atoms with van der Waals surface area (Å²) in [5.41, 5.74) is 0. The van der Waals surface area contributed by atoms with Gasteiger partial charge in [-0.1, -0.05) is 6.92 Å². The van der Waals surface area contributed by atoms with Crippen molar-refractivity contribution in [3.8, 4) is 0 Å². The smallest absolute Gasteiger partial charge is 0.123 e. The van der Waals surface area contributed by atoms with Crippen molar-refractivity contribution in [1.82, 2.24) is 0 Å². The van der Waals surface area contributed by atoms with Crippen molar-refractivity contribution in [3.05, 3.63) is 0 Å². The molecule has 0 spiro atoms. The van der Waals surface area contributed by atoms with Gasteiger partial charge >= 0.3 is 0 Å². The van der Waals surface area contributed by atoms with Gasteiger partial charge in [-0.25, -0.2) is 4.39 Å². The maximum atomic E-state index is 12.8. The molecule has 1 N–H and O–H groups in total. The minimum Gasteiger partial charge on any atom is -0.394 e. The molecular formula is C6H10BFO2. The molecule has 0 saturated carbocycles. The monoisotopic (exact) mass is 144 g/mol. The average molecular weight is 144 g/mol. The second kappa shape index (κ2) is 2.88. The normalized spacial score (nSPS) is 47.9. The third kappa shape index (κ3) is 1.18. The van der Waals surface area contributed by atoms with Crippen LogP contribution in [0.2, 0.25) is 0 Å². The molecule has 0 aromatic heterocycles. The molecule has 1 fully saturated rings. The maximum Gasteiger partial charge on any atom is 0.123 e. The second-order valence-electron chi connectivity index (χ2n) is 2.63. The van der Waals surface area contributed by atoms with E-state index in [1.165, 1.54) is 0 Å². The number of alkyl halides is 1. The van der Waals surface area contributed by atoms with Crippen LogP contribution >= 0.6 is 0 Å². The number of ether oxygens (including phenoxy) is 1. The van der Waals surface area contributed by atoms with Gasteiger partial charge < -0.3 is 9.84 Å². The van der Waals surface area contributed by atoms with Crippen molar-refractivity contribution in [2.75, 3.05) is 6.61 Å². The predicted molar refractivity (Wildman–Crippen MR) is 35.6 cm³/mol. The van der Waals surface area contributed by atoms with Gasteiger partial charge in [0.15, 0.2) is 0 Å². The van der Waals surface area contributed by atoms with Crippen LogP contribution in [0.4, 0.5) is 4.39 Å². The van der Waals surface area contributed by atoms with E-state index in [9.17, 15) is 4.39 Å². The van der Waals surface area contributed by atoms with E-state index in [0.29, 0.717) is 0 Å². The quantitative estimate of drug-likeness (QED) is 0.518. The summed E-state index contributed by atoms with van der Waals surface area (Å²) in [6, 6.07) is -0.854. The van der Waals surface area contributed by atoms with Gasteiger partial charge in [0.25, 0.3) is 0 Å². The summed E-state index contributed by atoms with van der Waals surface area (Å²) in [7, 11) is 5.23. The topological polar surface area (TPSA) is 29.5 Å². The van der Waals surface area contributed by atoms with Gasteiger partial charge in [0.2, 0.25) is 0 Å². The van der Waals surface area contributed by atoms with Crippen LogP contribution in [0.5, 0.6) is 0 Å². The van der Waals surface area contributed by atoms with E-state index in [-0.39, 0.29) is 12.5 Å². The van der Waals surface area contributed by atoms with E-state index in [1.807, 2.05) is 0 Å². The molecule has 56 valence electrons. The molecule has 4 atom stereocenters. The highest BCUT2D eigenvalue weighted by molar-refractivity contribution is 6.11. The lowest BCUT2D eigenvalue weighted by Gasteiger charge is -2.10. The lowest BCUT2D eigenvalue weighted by atomic mass is 9.90. The predicted octanol–water partition coefficient (Wildman–Crippen LogP) is -0.154. The van der Waals surface area contributed by atoms with Crippen LogP contribution in [0.15, 0.2) is 0 Å². The summed E-state index contributed by atoms with van der Waals surface area (Å²) >= 11 is 0. The molecule has 2 radical (unpaired) electrons. The summed E-state index contributed by atoms with van der Waals surface area (Å²) in [5.74, 6) is -0.292. The van der Waals surface area contributed by atoms with Crippen molar-refractivity contribution in [2.24, 2.45) is 5.92 Å². The summed E-state index contributed by atoms with van der Waals surface area (Å²) in [6.45, 7) is 1.52. The number of hydrogen-bond donors (Lipinski definition) is 1. The summed E-state index contributed by atoms with van der Waals surface area (Å²) in [6.07, 6.45) is -1.57. The summed E-state index contributed by atoms with van der Waals surface area (Å²) in [5, 5.41) is 8.62. The van der Waals surface area contributed by atoms with Crippen LogP contribution in [-0.4, -0.2) is 37.8 Å². The lowest BCUT2D eigenvalue weighted by molar-refractivity contribution is 0.0279. The van der Waals surface area contributed by atoms with E-state index in [2.05, 4.69) is 0 Å². The SMILES string of the molecule is [B]C1OC(CO)C(C)C1F. The van der Waals surface area contributed by atoms with Crippen LogP contribution in [0, 0.1) is 5.92 Å². The molecule has 1 rings (SSSR count). The molecule has 0 aromatic rings. The molecule has 4 heteroatoms. The molecule has 0 aliphatic carbocycles. The van der Waals surface area contributed by atoms with Crippen LogP contribution in [-0.2, 0) is 4.74 Å². The Morgan fingerprint density at radius 1 is 1.70 bits per heavy atom. The third-order valence-electron chi connectivity index (χ3n) is 1.91. The van der Waals surface area contributed by atoms with Gasteiger partial charge in [-0.05, 0) is 0 Å². The minimum atomic E-state index is -1.14. The van der Waals surface area contributed by atoms with Gasteiger partial charge in [0, 0.05) is 11.9 Å². The first kappa shape index (κ1) is 8.02. The summed E-state index contributed by atoms with van der Waals surface area (Å²) in [4.78, 5) is 0. The van der Waals surface area contributed by atoms with Gasteiger partial charge in [-0.15, -0.1) is 0 Å². The third-order valence-corrected chi connectivity index (χ3v) is 1.91. The zero-order chi connectivity index (χ0) is 7.72. The Kier molecular flexibility index (Phi) is 2.31. The zero-order valence-electron chi connectivity index (χ0n) is 5.83. The van der Waals surface area contributed by atoms with Crippen LogP contribution in [0.1, 0.15) is 6.92 Å². The standard InChI is InChI=1S/C6H10BFO2/c1-3-4(2-9)10-6(7)5(3)8/h3-6,9H,2H2,1H3. The van der Waals surface area contributed by atoms with Crippen LogP contribution < -0.4 is 0 Å². The fourth-order valence-corrected chi connectivity index (χ4v) is 1.11. The fraction of sp³-hybridized carbons (Fsp3) is 1.00. The van der Waals surface area contributed by atoms with Crippen molar-refractivity contribution in [3.63, 3.8) is 0 Å². The van der Waals surface area contributed by atoms with E-state index in [0.717, 1.165) is 0 Å². The highest BCUT2D eigenvalue weighted by Crippen LogP contribution is 2.27. The Labute approximate surface area is 60.8 Å². The van der Waals surface area contributed by atoms with Crippen molar-refractivity contribution >= 4 is 7.85 Å². The number of aliphatic hydroxyl groups is 1. The number of hydrogen-bond acceptors (Lipinski definition) is 2. The van der Waals surface area contributed by atoms with Crippen molar-refractivity contribution in [2.45, 2.75) is 25.2 Å². The van der Waals surface area contributed by atoms with E-state index < -0.39 is 18.3 Å². The molecule has 10 heavy (non-hydrogen) atoms. The Balaban J connectivity index is 2.53. The molecule has 0 aromatic carbocycles. The first-order chi connectivity index (χ1) is 4.66. The molecule has 1 heterocycles. The molecule has 1 saturated heterocycles. The number of rotatable bonds is 1. The molecule has 2 nitrogen and oxygen atoms in total. The Morgan fingerprint density at radius 3 is 2.50 bits per heavy atom. The second-order valence-corrected chi connectivity index (χ2v) is 2.63. The van der Waals surface area contributed by atoms with Gasteiger partial charge in [0.1, 0.15) is 14.0 Å². The van der Waals surface area contributed by atoms with Crippen LogP contribution in [0.3, 0.4) is 0 Å². The van der Waals surface area contributed by atoms with E-state index in [1.54, 1.807) is 6.92 Å². The van der Waals surface area contributed by atoms with E-state index in [4.69, 9.17) is 17.7 Å².